The maximum absolute atomic E-state index is 12.2. The Balaban J connectivity index is 2.04. The van der Waals surface area contributed by atoms with E-state index in [2.05, 4.69) is 5.32 Å². The molecule has 0 aromatic heterocycles. The molecule has 0 saturated heterocycles. The highest BCUT2D eigenvalue weighted by molar-refractivity contribution is 5.95. The number of aliphatic hydroxyl groups is 2. The van der Waals surface area contributed by atoms with Gasteiger partial charge in [-0.2, -0.15) is 0 Å². The number of ether oxygens (including phenoxy) is 2. The van der Waals surface area contributed by atoms with Crippen LogP contribution in [0.2, 0.25) is 0 Å². The predicted octanol–water partition coefficient (Wildman–Crippen LogP) is 0.565. The molecule has 0 aliphatic heterocycles. The number of rotatable bonds is 5. The highest BCUT2D eigenvalue weighted by Gasteiger charge is 2.33. The Morgan fingerprint density at radius 3 is 2.57 bits per heavy atom. The maximum Gasteiger partial charge on any atom is 0.251 e. The van der Waals surface area contributed by atoms with Crippen LogP contribution in [0.5, 0.6) is 11.5 Å². The minimum absolute atomic E-state index is 0.0656. The lowest BCUT2D eigenvalue weighted by molar-refractivity contribution is 0.0903. The Morgan fingerprint density at radius 2 is 2.00 bits per heavy atom. The topological polar surface area (TPSA) is 88.0 Å². The largest absolute Gasteiger partial charge is 0.493 e. The van der Waals surface area contributed by atoms with Gasteiger partial charge < -0.3 is 25.0 Å². The van der Waals surface area contributed by atoms with Gasteiger partial charge in [-0.15, -0.1) is 0 Å². The Labute approximate surface area is 123 Å². The third-order valence-corrected chi connectivity index (χ3v) is 3.87. The van der Waals surface area contributed by atoms with E-state index in [1.807, 2.05) is 0 Å². The molecule has 0 unspecified atom stereocenters. The van der Waals surface area contributed by atoms with Crippen molar-refractivity contribution in [2.45, 2.75) is 25.0 Å². The SMILES string of the molecule is COc1ccc(C(=O)N[C@H]2C[C@H](CO)[C@@H](O)C2)cc1OC. The van der Waals surface area contributed by atoms with Crippen LogP contribution in [0.4, 0.5) is 0 Å². The zero-order chi connectivity index (χ0) is 15.4. The highest BCUT2D eigenvalue weighted by Crippen LogP contribution is 2.29. The average Bonchev–Trinajstić information content (AvgIpc) is 2.86. The van der Waals surface area contributed by atoms with Crippen LogP contribution in [-0.4, -0.2) is 49.1 Å². The fourth-order valence-corrected chi connectivity index (χ4v) is 2.66. The number of hydrogen-bond acceptors (Lipinski definition) is 5. The Kier molecular flexibility index (Phi) is 5.03. The molecule has 0 heterocycles. The molecule has 1 aromatic carbocycles. The summed E-state index contributed by atoms with van der Waals surface area (Å²) in [6, 6.07) is 4.82. The van der Waals surface area contributed by atoms with Crippen molar-refractivity contribution in [3.05, 3.63) is 23.8 Å². The summed E-state index contributed by atoms with van der Waals surface area (Å²) in [4.78, 5) is 12.2. The van der Waals surface area contributed by atoms with Crippen LogP contribution in [0.25, 0.3) is 0 Å². The monoisotopic (exact) mass is 295 g/mol. The molecule has 1 aliphatic carbocycles. The van der Waals surface area contributed by atoms with Gasteiger partial charge in [0.15, 0.2) is 11.5 Å². The second kappa shape index (κ2) is 6.78. The number of aliphatic hydroxyl groups excluding tert-OH is 2. The van der Waals surface area contributed by atoms with E-state index in [1.54, 1.807) is 18.2 Å². The Bertz CT molecular complexity index is 505. The van der Waals surface area contributed by atoms with E-state index in [0.29, 0.717) is 29.9 Å². The summed E-state index contributed by atoms with van der Waals surface area (Å²) in [6.07, 6.45) is 0.478. The van der Waals surface area contributed by atoms with E-state index in [-0.39, 0.29) is 24.5 Å². The van der Waals surface area contributed by atoms with Crippen LogP contribution in [-0.2, 0) is 0 Å². The molecule has 1 saturated carbocycles. The van der Waals surface area contributed by atoms with Gasteiger partial charge >= 0.3 is 0 Å². The van der Waals surface area contributed by atoms with Gasteiger partial charge in [-0.1, -0.05) is 0 Å². The first-order valence-corrected chi connectivity index (χ1v) is 6.90. The van der Waals surface area contributed by atoms with E-state index >= 15 is 0 Å². The zero-order valence-electron chi connectivity index (χ0n) is 12.2. The average molecular weight is 295 g/mol. The molecule has 116 valence electrons. The standard InChI is InChI=1S/C15H21NO5/c1-20-13-4-3-9(6-14(13)21-2)15(19)16-11-5-10(8-17)12(18)7-11/h3-4,6,10-12,17-18H,5,7-8H2,1-2H3,(H,16,19)/t10-,11+,12+/m1/s1. The first-order chi connectivity index (χ1) is 10.1. The predicted molar refractivity (Wildman–Crippen MR) is 76.6 cm³/mol. The highest BCUT2D eigenvalue weighted by atomic mass is 16.5. The van der Waals surface area contributed by atoms with Gasteiger partial charge in [-0.05, 0) is 31.0 Å². The Hall–Kier alpha value is -1.79. The van der Waals surface area contributed by atoms with Gasteiger partial charge in [-0.3, -0.25) is 4.79 Å². The number of carbonyl (C=O) groups excluding carboxylic acids is 1. The maximum atomic E-state index is 12.2. The molecule has 1 aliphatic rings. The first kappa shape index (κ1) is 15.6. The fourth-order valence-electron chi connectivity index (χ4n) is 2.66. The van der Waals surface area contributed by atoms with E-state index in [0.717, 1.165) is 0 Å². The van der Waals surface area contributed by atoms with Crippen LogP contribution < -0.4 is 14.8 Å². The molecule has 1 amide bonds. The van der Waals surface area contributed by atoms with E-state index in [1.165, 1.54) is 14.2 Å². The summed E-state index contributed by atoms with van der Waals surface area (Å²) >= 11 is 0. The second-order valence-electron chi connectivity index (χ2n) is 5.22. The van der Waals surface area contributed by atoms with Crippen molar-refractivity contribution >= 4 is 5.91 Å². The minimum atomic E-state index is -0.564. The fraction of sp³-hybridized carbons (Fsp3) is 0.533. The first-order valence-electron chi connectivity index (χ1n) is 6.90. The van der Waals surface area contributed by atoms with Crippen LogP contribution >= 0.6 is 0 Å². The summed E-state index contributed by atoms with van der Waals surface area (Å²) in [5.41, 5.74) is 0.467. The lowest BCUT2D eigenvalue weighted by Gasteiger charge is -2.14. The normalized spacial score (nSPS) is 24.7. The molecule has 3 N–H and O–H groups in total. The van der Waals surface area contributed by atoms with Gasteiger partial charge in [0.05, 0.1) is 20.3 Å². The molecule has 6 heteroatoms. The van der Waals surface area contributed by atoms with Gasteiger partial charge in [-0.25, -0.2) is 0 Å². The third-order valence-electron chi connectivity index (χ3n) is 3.87. The van der Waals surface area contributed by atoms with E-state index in [4.69, 9.17) is 14.6 Å². The van der Waals surface area contributed by atoms with Crippen LogP contribution in [0.1, 0.15) is 23.2 Å². The van der Waals surface area contributed by atoms with Crippen molar-refractivity contribution < 1.29 is 24.5 Å². The van der Waals surface area contributed by atoms with Crippen molar-refractivity contribution in [3.8, 4) is 11.5 Å². The van der Waals surface area contributed by atoms with E-state index in [9.17, 15) is 9.90 Å². The molecule has 2 rings (SSSR count). The van der Waals surface area contributed by atoms with Gasteiger partial charge in [0.1, 0.15) is 0 Å². The molecular weight excluding hydrogens is 274 g/mol. The van der Waals surface area contributed by atoms with Gasteiger partial charge in [0.2, 0.25) is 0 Å². The van der Waals surface area contributed by atoms with Crippen molar-refractivity contribution in [2.24, 2.45) is 5.92 Å². The number of benzene rings is 1. The molecular formula is C15H21NO5. The minimum Gasteiger partial charge on any atom is -0.493 e. The molecule has 0 spiro atoms. The molecule has 0 radical (unpaired) electrons. The lowest BCUT2D eigenvalue weighted by atomic mass is 10.1. The summed E-state index contributed by atoms with van der Waals surface area (Å²) in [6.45, 7) is -0.0656. The molecule has 0 bridgehead atoms. The smallest absolute Gasteiger partial charge is 0.251 e. The summed E-state index contributed by atoms with van der Waals surface area (Å²) in [5.74, 6) is 0.656. The van der Waals surface area contributed by atoms with Crippen molar-refractivity contribution in [1.82, 2.24) is 5.32 Å². The van der Waals surface area contributed by atoms with Crippen LogP contribution in [0.3, 0.4) is 0 Å². The number of methoxy groups -OCH3 is 2. The molecule has 1 aromatic rings. The van der Waals surface area contributed by atoms with Crippen molar-refractivity contribution in [3.63, 3.8) is 0 Å². The summed E-state index contributed by atoms with van der Waals surface area (Å²) < 4.78 is 10.3. The molecule has 1 fully saturated rings. The summed E-state index contributed by atoms with van der Waals surface area (Å²) in [5, 5.41) is 21.7. The molecule has 6 nitrogen and oxygen atoms in total. The number of carbonyl (C=O) groups is 1. The van der Waals surface area contributed by atoms with E-state index < -0.39 is 6.10 Å². The van der Waals surface area contributed by atoms with Crippen molar-refractivity contribution in [1.29, 1.82) is 0 Å². The number of hydrogen-bond donors (Lipinski definition) is 3. The van der Waals surface area contributed by atoms with Gasteiger partial charge in [0.25, 0.3) is 5.91 Å². The Morgan fingerprint density at radius 1 is 1.29 bits per heavy atom. The van der Waals surface area contributed by atoms with Crippen LogP contribution in [0.15, 0.2) is 18.2 Å². The molecule has 21 heavy (non-hydrogen) atoms. The number of amides is 1. The number of nitrogens with one attached hydrogen (secondary N) is 1. The second-order valence-corrected chi connectivity index (χ2v) is 5.22. The van der Waals surface area contributed by atoms with Gasteiger partial charge in [0, 0.05) is 24.1 Å². The molecule has 3 atom stereocenters. The van der Waals surface area contributed by atoms with Crippen LogP contribution in [0, 0.1) is 5.92 Å². The summed E-state index contributed by atoms with van der Waals surface area (Å²) in [7, 11) is 3.05. The lowest BCUT2D eigenvalue weighted by Crippen LogP contribution is -2.33. The zero-order valence-corrected chi connectivity index (χ0v) is 12.2. The van der Waals surface area contributed by atoms with Crippen molar-refractivity contribution in [2.75, 3.05) is 20.8 Å². The quantitative estimate of drug-likeness (QED) is 0.739. The third kappa shape index (κ3) is 3.46.